The fourth-order valence-electron chi connectivity index (χ4n) is 3.17. The fraction of sp³-hybridized carbons (Fsp3) is 0.381. The van der Waals surface area contributed by atoms with Crippen LogP contribution in [0.5, 0.6) is 5.75 Å². The molecule has 0 unspecified atom stereocenters. The number of fused-ring (bicyclic) bond motifs is 1. The normalized spacial score (nSPS) is 13.2. The van der Waals surface area contributed by atoms with Crippen molar-refractivity contribution in [3.63, 3.8) is 0 Å². The summed E-state index contributed by atoms with van der Waals surface area (Å²) < 4.78 is 31.1. The summed E-state index contributed by atoms with van der Waals surface area (Å²) in [5.74, 6) is 1.72. The summed E-state index contributed by atoms with van der Waals surface area (Å²) in [6.07, 6.45) is 1.89. The van der Waals surface area contributed by atoms with Gasteiger partial charge in [-0.05, 0) is 41.8 Å². The second-order valence-electron chi connectivity index (χ2n) is 6.92. The van der Waals surface area contributed by atoms with E-state index in [0.29, 0.717) is 6.54 Å². The SMILES string of the molecule is CN=C(NCCc1ccc2c(c1)CCO2)NCc1ccc(CS(=O)(=O)NC)cc1.I. The van der Waals surface area contributed by atoms with Gasteiger partial charge in [0.05, 0.1) is 12.4 Å². The molecule has 0 spiro atoms. The molecular formula is C21H29IN4O3S. The van der Waals surface area contributed by atoms with E-state index in [2.05, 4.69) is 38.5 Å². The van der Waals surface area contributed by atoms with Crippen LogP contribution in [0.2, 0.25) is 0 Å². The Morgan fingerprint density at radius 3 is 2.47 bits per heavy atom. The van der Waals surface area contributed by atoms with E-state index in [1.54, 1.807) is 7.05 Å². The highest BCUT2D eigenvalue weighted by molar-refractivity contribution is 14.0. The average molecular weight is 544 g/mol. The summed E-state index contributed by atoms with van der Waals surface area (Å²) in [6.45, 7) is 2.16. The van der Waals surface area contributed by atoms with E-state index in [-0.39, 0.29) is 29.7 Å². The topological polar surface area (TPSA) is 91.8 Å². The summed E-state index contributed by atoms with van der Waals surface area (Å²) in [6, 6.07) is 13.9. The number of sulfonamides is 1. The van der Waals surface area contributed by atoms with Gasteiger partial charge in [-0.1, -0.05) is 36.4 Å². The van der Waals surface area contributed by atoms with Crippen molar-refractivity contribution in [3.8, 4) is 5.75 Å². The van der Waals surface area contributed by atoms with Crippen molar-refractivity contribution in [1.29, 1.82) is 0 Å². The second-order valence-corrected chi connectivity index (χ2v) is 8.85. The number of nitrogens with zero attached hydrogens (tertiary/aromatic N) is 1. The predicted molar refractivity (Wildman–Crippen MR) is 131 cm³/mol. The molecule has 3 N–H and O–H groups in total. The van der Waals surface area contributed by atoms with Crippen LogP contribution in [0.3, 0.4) is 0 Å². The van der Waals surface area contributed by atoms with Gasteiger partial charge in [-0.25, -0.2) is 13.1 Å². The molecule has 7 nitrogen and oxygen atoms in total. The minimum Gasteiger partial charge on any atom is -0.493 e. The molecule has 0 atom stereocenters. The van der Waals surface area contributed by atoms with Gasteiger partial charge in [-0.3, -0.25) is 4.99 Å². The molecule has 3 rings (SSSR count). The smallest absolute Gasteiger partial charge is 0.215 e. The molecule has 2 aromatic carbocycles. The number of guanidine groups is 1. The third kappa shape index (κ3) is 7.13. The number of hydrogen-bond donors (Lipinski definition) is 3. The first-order valence-corrected chi connectivity index (χ1v) is 11.3. The largest absolute Gasteiger partial charge is 0.493 e. The lowest BCUT2D eigenvalue weighted by Crippen LogP contribution is -2.37. The van der Waals surface area contributed by atoms with E-state index < -0.39 is 10.0 Å². The van der Waals surface area contributed by atoms with Crippen molar-refractivity contribution in [2.45, 2.75) is 25.1 Å². The maximum absolute atomic E-state index is 11.6. The second kappa shape index (κ2) is 11.5. The Morgan fingerprint density at radius 2 is 1.77 bits per heavy atom. The zero-order valence-electron chi connectivity index (χ0n) is 17.3. The lowest BCUT2D eigenvalue weighted by molar-refractivity contribution is 0.357. The third-order valence-electron chi connectivity index (χ3n) is 4.83. The first kappa shape index (κ1) is 24.4. The highest BCUT2D eigenvalue weighted by atomic mass is 127. The molecule has 30 heavy (non-hydrogen) atoms. The lowest BCUT2D eigenvalue weighted by atomic mass is 10.1. The molecule has 1 aliphatic heterocycles. The van der Waals surface area contributed by atoms with Gasteiger partial charge in [0.2, 0.25) is 10.0 Å². The van der Waals surface area contributed by atoms with Gasteiger partial charge in [0.15, 0.2) is 5.96 Å². The van der Waals surface area contributed by atoms with E-state index in [0.717, 1.165) is 48.8 Å². The Kier molecular flexibility index (Phi) is 9.37. The number of ether oxygens (including phenoxy) is 1. The highest BCUT2D eigenvalue weighted by Gasteiger charge is 2.12. The number of halogens is 1. The molecule has 2 aromatic rings. The van der Waals surface area contributed by atoms with Gasteiger partial charge >= 0.3 is 0 Å². The molecule has 0 aromatic heterocycles. The van der Waals surface area contributed by atoms with Crippen molar-refractivity contribution in [2.75, 3.05) is 27.2 Å². The third-order valence-corrected chi connectivity index (χ3v) is 6.17. The van der Waals surface area contributed by atoms with Gasteiger partial charge in [0.25, 0.3) is 0 Å². The highest BCUT2D eigenvalue weighted by Crippen LogP contribution is 2.25. The molecule has 164 valence electrons. The number of benzene rings is 2. The maximum Gasteiger partial charge on any atom is 0.215 e. The first-order valence-electron chi connectivity index (χ1n) is 9.67. The molecule has 0 saturated heterocycles. The van der Waals surface area contributed by atoms with Crippen molar-refractivity contribution < 1.29 is 13.2 Å². The summed E-state index contributed by atoms with van der Waals surface area (Å²) in [7, 11) is -0.0880. The van der Waals surface area contributed by atoms with Gasteiger partial charge in [0, 0.05) is 26.6 Å². The zero-order chi connectivity index (χ0) is 20.7. The van der Waals surface area contributed by atoms with Crippen molar-refractivity contribution in [1.82, 2.24) is 15.4 Å². The van der Waals surface area contributed by atoms with Gasteiger partial charge < -0.3 is 15.4 Å². The van der Waals surface area contributed by atoms with E-state index in [9.17, 15) is 8.42 Å². The number of aliphatic imine (C=N–C) groups is 1. The number of hydrogen-bond acceptors (Lipinski definition) is 4. The molecule has 0 fully saturated rings. The minimum atomic E-state index is -3.25. The summed E-state index contributed by atoms with van der Waals surface area (Å²) in [4.78, 5) is 4.26. The van der Waals surface area contributed by atoms with Gasteiger partial charge in [-0.2, -0.15) is 0 Å². The Balaban J connectivity index is 0.00000320. The van der Waals surface area contributed by atoms with Crippen LogP contribution in [0.25, 0.3) is 0 Å². The Labute approximate surface area is 195 Å². The standard InChI is InChI=1S/C21H28N4O3S.HI/c1-22-21(24-11-9-16-7-8-20-19(13-16)10-12-28-20)25-14-17-3-5-18(6-4-17)15-29(26,27)23-2;/h3-8,13,23H,9-12,14-15H2,1-2H3,(H2,22,24,25);1H. The molecule has 9 heteroatoms. The van der Waals surface area contributed by atoms with Crippen LogP contribution in [0, 0.1) is 0 Å². The van der Waals surface area contributed by atoms with E-state index in [1.165, 1.54) is 18.2 Å². The van der Waals surface area contributed by atoms with Crippen LogP contribution in [0.4, 0.5) is 0 Å². The maximum atomic E-state index is 11.6. The molecule has 0 saturated carbocycles. The van der Waals surface area contributed by atoms with Crippen molar-refractivity contribution in [2.24, 2.45) is 4.99 Å². The van der Waals surface area contributed by atoms with Crippen LogP contribution >= 0.6 is 24.0 Å². The summed E-state index contributed by atoms with van der Waals surface area (Å²) in [5, 5.41) is 6.61. The van der Waals surface area contributed by atoms with Gasteiger partial charge in [0.1, 0.15) is 5.75 Å². The van der Waals surface area contributed by atoms with Crippen LogP contribution in [-0.2, 0) is 35.2 Å². The van der Waals surface area contributed by atoms with Crippen LogP contribution < -0.4 is 20.1 Å². The molecular weight excluding hydrogens is 515 g/mol. The molecule has 0 amide bonds. The first-order chi connectivity index (χ1) is 14.0. The zero-order valence-corrected chi connectivity index (χ0v) is 20.4. The Bertz CT molecular complexity index is 963. The van der Waals surface area contributed by atoms with E-state index >= 15 is 0 Å². The van der Waals surface area contributed by atoms with Crippen LogP contribution in [0.15, 0.2) is 47.5 Å². The van der Waals surface area contributed by atoms with Crippen LogP contribution in [0.1, 0.15) is 22.3 Å². The van der Waals surface area contributed by atoms with Crippen molar-refractivity contribution >= 4 is 40.0 Å². The van der Waals surface area contributed by atoms with E-state index in [1.807, 2.05) is 24.3 Å². The molecule has 0 aliphatic carbocycles. The Morgan fingerprint density at radius 1 is 1.07 bits per heavy atom. The molecule has 1 heterocycles. The fourth-order valence-corrected chi connectivity index (χ4v) is 3.95. The minimum absolute atomic E-state index is 0. The molecule has 1 aliphatic rings. The predicted octanol–water partition coefficient (Wildman–Crippen LogP) is 2.20. The molecule has 0 bridgehead atoms. The summed E-state index contributed by atoms with van der Waals surface area (Å²) >= 11 is 0. The van der Waals surface area contributed by atoms with Crippen molar-refractivity contribution in [3.05, 3.63) is 64.7 Å². The monoisotopic (exact) mass is 544 g/mol. The number of nitrogens with one attached hydrogen (secondary N) is 3. The number of rotatable bonds is 8. The Hall–Kier alpha value is -1.85. The lowest BCUT2D eigenvalue weighted by Gasteiger charge is -2.12. The summed E-state index contributed by atoms with van der Waals surface area (Å²) in [5.41, 5.74) is 4.38. The van der Waals surface area contributed by atoms with Crippen LogP contribution in [-0.4, -0.2) is 41.6 Å². The quantitative estimate of drug-likeness (QED) is 0.269. The van der Waals surface area contributed by atoms with Gasteiger partial charge in [-0.15, -0.1) is 24.0 Å². The molecule has 0 radical (unpaired) electrons. The average Bonchev–Trinajstić information content (AvgIpc) is 3.19. The van der Waals surface area contributed by atoms with E-state index in [4.69, 9.17) is 4.74 Å².